The Morgan fingerprint density at radius 2 is 1.76 bits per heavy atom. The van der Waals surface area contributed by atoms with E-state index in [2.05, 4.69) is 10.6 Å². The van der Waals surface area contributed by atoms with Gasteiger partial charge >= 0.3 is 5.97 Å². The summed E-state index contributed by atoms with van der Waals surface area (Å²) in [7, 11) is 0. The zero-order valence-electron chi connectivity index (χ0n) is 14.2. The molecule has 0 aromatic heterocycles. The number of benzene rings is 1. The van der Waals surface area contributed by atoms with Gasteiger partial charge in [-0.25, -0.2) is 0 Å². The molecule has 3 N–H and O–H groups in total. The molecule has 0 atom stereocenters. The van der Waals surface area contributed by atoms with Crippen LogP contribution in [0.3, 0.4) is 0 Å². The van der Waals surface area contributed by atoms with Crippen molar-refractivity contribution in [2.75, 3.05) is 5.32 Å². The molecule has 2 saturated carbocycles. The Labute approximate surface area is 147 Å². The van der Waals surface area contributed by atoms with Crippen LogP contribution in [0.1, 0.15) is 61.7 Å². The van der Waals surface area contributed by atoms with Crippen LogP contribution in [0.25, 0.3) is 0 Å². The summed E-state index contributed by atoms with van der Waals surface area (Å²) in [5, 5.41) is 15.3. The van der Waals surface area contributed by atoms with Crippen molar-refractivity contribution in [1.82, 2.24) is 5.32 Å². The first kappa shape index (κ1) is 17.5. The number of carbonyl (C=O) groups is 3. The molecule has 0 bridgehead atoms. The molecule has 0 unspecified atom stereocenters. The van der Waals surface area contributed by atoms with Crippen LogP contribution < -0.4 is 10.6 Å². The Hall–Kier alpha value is -2.37. The van der Waals surface area contributed by atoms with E-state index in [4.69, 9.17) is 0 Å². The SMILES string of the molecule is O=C(CC1(C(=O)O)CCCCC1)Nc1ccccc1C(=O)NC1CC1. The van der Waals surface area contributed by atoms with Crippen molar-refractivity contribution in [2.45, 2.75) is 57.4 Å². The van der Waals surface area contributed by atoms with Crippen molar-refractivity contribution in [3.05, 3.63) is 29.8 Å². The highest BCUT2D eigenvalue weighted by Gasteiger charge is 2.41. The van der Waals surface area contributed by atoms with Crippen molar-refractivity contribution in [1.29, 1.82) is 0 Å². The molecule has 25 heavy (non-hydrogen) atoms. The van der Waals surface area contributed by atoms with Gasteiger partial charge in [0.2, 0.25) is 5.91 Å². The van der Waals surface area contributed by atoms with Crippen molar-refractivity contribution in [2.24, 2.45) is 5.41 Å². The molecule has 134 valence electrons. The second kappa shape index (κ2) is 7.25. The fourth-order valence-electron chi connectivity index (χ4n) is 3.48. The maximum absolute atomic E-state index is 12.5. The molecule has 3 rings (SSSR count). The maximum atomic E-state index is 12.5. The van der Waals surface area contributed by atoms with Crippen LogP contribution >= 0.6 is 0 Å². The van der Waals surface area contributed by atoms with Gasteiger partial charge in [-0.05, 0) is 37.8 Å². The van der Waals surface area contributed by atoms with Crippen LogP contribution in [0.2, 0.25) is 0 Å². The second-order valence-corrected chi connectivity index (χ2v) is 7.16. The third-order valence-electron chi connectivity index (χ3n) is 5.12. The van der Waals surface area contributed by atoms with Crippen LogP contribution in [-0.4, -0.2) is 28.9 Å². The minimum absolute atomic E-state index is 0.0547. The molecule has 1 aromatic carbocycles. The summed E-state index contributed by atoms with van der Waals surface area (Å²) >= 11 is 0. The van der Waals surface area contributed by atoms with Crippen LogP contribution in [0.4, 0.5) is 5.69 Å². The predicted octanol–water partition coefficient (Wildman–Crippen LogP) is 2.94. The predicted molar refractivity (Wildman–Crippen MR) is 93.3 cm³/mol. The third kappa shape index (κ3) is 4.18. The van der Waals surface area contributed by atoms with E-state index < -0.39 is 11.4 Å². The van der Waals surface area contributed by atoms with Gasteiger partial charge in [0.15, 0.2) is 0 Å². The number of anilines is 1. The summed E-state index contributed by atoms with van der Waals surface area (Å²) in [6, 6.07) is 7.07. The zero-order valence-corrected chi connectivity index (χ0v) is 14.2. The van der Waals surface area contributed by atoms with Gasteiger partial charge in [0.05, 0.1) is 16.7 Å². The number of carboxylic acid groups (broad SMARTS) is 1. The molecular formula is C19H24N2O4. The summed E-state index contributed by atoms with van der Waals surface area (Å²) in [6.45, 7) is 0. The van der Waals surface area contributed by atoms with Crippen LogP contribution in [0.5, 0.6) is 0 Å². The molecule has 2 fully saturated rings. The number of amides is 2. The Morgan fingerprint density at radius 3 is 2.40 bits per heavy atom. The van der Waals surface area contributed by atoms with Crippen LogP contribution in [-0.2, 0) is 9.59 Å². The summed E-state index contributed by atoms with van der Waals surface area (Å²) in [5.41, 5.74) is -0.133. The average Bonchev–Trinajstić information content (AvgIpc) is 3.40. The highest BCUT2D eigenvalue weighted by atomic mass is 16.4. The number of carboxylic acids is 1. The first-order chi connectivity index (χ1) is 12.0. The normalized spacial score (nSPS) is 19.0. The first-order valence-corrected chi connectivity index (χ1v) is 8.93. The molecule has 1 aromatic rings. The molecule has 6 nitrogen and oxygen atoms in total. The lowest BCUT2D eigenvalue weighted by Gasteiger charge is -2.32. The second-order valence-electron chi connectivity index (χ2n) is 7.16. The van der Waals surface area contributed by atoms with Gasteiger partial charge in [0, 0.05) is 12.5 Å². The Kier molecular flexibility index (Phi) is 5.06. The largest absolute Gasteiger partial charge is 0.481 e. The highest BCUT2D eigenvalue weighted by Crippen LogP contribution is 2.40. The lowest BCUT2D eigenvalue weighted by Crippen LogP contribution is -2.37. The summed E-state index contributed by atoms with van der Waals surface area (Å²) in [6.07, 6.45) is 5.66. The molecule has 0 spiro atoms. The third-order valence-corrected chi connectivity index (χ3v) is 5.12. The molecule has 2 aliphatic rings. The Balaban J connectivity index is 1.70. The van der Waals surface area contributed by atoms with E-state index in [1.807, 2.05) is 0 Å². The van der Waals surface area contributed by atoms with Gasteiger partial charge in [-0.1, -0.05) is 31.4 Å². The number of carbonyl (C=O) groups excluding carboxylic acids is 2. The fraction of sp³-hybridized carbons (Fsp3) is 0.526. The molecule has 6 heteroatoms. The Morgan fingerprint density at radius 1 is 1.08 bits per heavy atom. The van der Waals surface area contributed by atoms with E-state index in [0.717, 1.165) is 32.1 Å². The summed E-state index contributed by atoms with van der Waals surface area (Å²) in [5.74, 6) is -1.46. The molecule has 0 radical (unpaired) electrons. The van der Waals surface area contributed by atoms with Crippen LogP contribution in [0.15, 0.2) is 24.3 Å². The lowest BCUT2D eigenvalue weighted by molar-refractivity contribution is -0.153. The highest BCUT2D eigenvalue weighted by molar-refractivity contribution is 6.04. The van der Waals surface area contributed by atoms with E-state index >= 15 is 0 Å². The van der Waals surface area contributed by atoms with Gasteiger partial charge in [-0.2, -0.15) is 0 Å². The van der Waals surface area contributed by atoms with Gasteiger partial charge < -0.3 is 15.7 Å². The van der Waals surface area contributed by atoms with Gasteiger partial charge in [0.25, 0.3) is 5.91 Å². The molecular weight excluding hydrogens is 320 g/mol. The average molecular weight is 344 g/mol. The number of para-hydroxylation sites is 1. The van der Waals surface area contributed by atoms with E-state index in [9.17, 15) is 19.5 Å². The van der Waals surface area contributed by atoms with Gasteiger partial charge in [0.1, 0.15) is 0 Å². The molecule has 2 aliphatic carbocycles. The zero-order chi connectivity index (χ0) is 17.9. The summed E-state index contributed by atoms with van der Waals surface area (Å²) < 4.78 is 0. The molecule has 0 heterocycles. The molecule has 0 aliphatic heterocycles. The van der Waals surface area contributed by atoms with E-state index in [-0.39, 0.29) is 24.3 Å². The first-order valence-electron chi connectivity index (χ1n) is 8.93. The number of aliphatic carboxylic acids is 1. The van der Waals surface area contributed by atoms with E-state index in [1.165, 1.54) is 0 Å². The minimum Gasteiger partial charge on any atom is -0.481 e. The van der Waals surface area contributed by atoms with Crippen LogP contribution in [0, 0.1) is 5.41 Å². The van der Waals surface area contributed by atoms with Gasteiger partial charge in [-0.3, -0.25) is 14.4 Å². The quantitative estimate of drug-likeness (QED) is 0.739. The maximum Gasteiger partial charge on any atom is 0.310 e. The number of hydrogen-bond donors (Lipinski definition) is 3. The molecule has 2 amide bonds. The topological polar surface area (TPSA) is 95.5 Å². The van der Waals surface area contributed by atoms with Gasteiger partial charge in [-0.15, -0.1) is 0 Å². The van der Waals surface area contributed by atoms with Crippen molar-refractivity contribution >= 4 is 23.5 Å². The van der Waals surface area contributed by atoms with E-state index in [0.29, 0.717) is 24.1 Å². The smallest absolute Gasteiger partial charge is 0.310 e. The lowest BCUT2D eigenvalue weighted by atomic mass is 9.71. The molecule has 0 saturated heterocycles. The monoisotopic (exact) mass is 344 g/mol. The fourth-order valence-corrected chi connectivity index (χ4v) is 3.48. The number of hydrogen-bond acceptors (Lipinski definition) is 3. The van der Waals surface area contributed by atoms with Crippen molar-refractivity contribution < 1.29 is 19.5 Å². The van der Waals surface area contributed by atoms with Crippen molar-refractivity contribution in [3.63, 3.8) is 0 Å². The standard InChI is InChI=1S/C19H24N2O4/c22-16(12-19(18(24)25)10-4-1-5-11-19)21-15-7-3-2-6-14(15)17(23)20-13-8-9-13/h2-3,6-7,13H,1,4-5,8-12H2,(H,20,23)(H,21,22)(H,24,25). The summed E-state index contributed by atoms with van der Waals surface area (Å²) in [4.78, 5) is 36.5. The van der Waals surface area contributed by atoms with E-state index in [1.54, 1.807) is 24.3 Å². The Bertz CT molecular complexity index is 676. The minimum atomic E-state index is -0.979. The van der Waals surface area contributed by atoms with Crippen molar-refractivity contribution in [3.8, 4) is 0 Å². The number of rotatable bonds is 6. The number of nitrogens with one attached hydrogen (secondary N) is 2.